The lowest BCUT2D eigenvalue weighted by molar-refractivity contribution is 0.0522. The van der Waals surface area contributed by atoms with Crippen molar-refractivity contribution in [2.45, 2.75) is 25.9 Å². The molecule has 104 valence electrons. The number of anilines is 1. The minimum Gasteiger partial charge on any atom is -0.393 e. The van der Waals surface area contributed by atoms with Crippen LogP contribution < -0.4 is 11.3 Å². The molecule has 0 spiro atoms. The van der Waals surface area contributed by atoms with Gasteiger partial charge in [-0.25, -0.2) is 0 Å². The quantitative estimate of drug-likeness (QED) is 0.565. The highest BCUT2D eigenvalue weighted by Gasteiger charge is 2.26. The lowest BCUT2D eigenvalue weighted by atomic mass is 9.92. The summed E-state index contributed by atoms with van der Waals surface area (Å²) in [5, 5.41) is 9.57. The van der Waals surface area contributed by atoms with Crippen LogP contribution in [0.1, 0.15) is 30.1 Å². The lowest BCUT2D eigenvalue weighted by Gasteiger charge is -2.33. The van der Waals surface area contributed by atoms with E-state index in [1.165, 1.54) is 0 Å². The fourth-order valence-corrected chi connectivity index (χ4v) is 2.55. The predicted molar refractivity (Wildman–Crippen MR) is 74.6 cm³/mol. The van der Waals surface area contributed by atoms with Gasteiger partial charge < -0.3 is 15.4 Å². The van der Waals surface area contributed by atoms with Crippen LogP contribution in [0.15, 0.2) is 24.3 Å². The molecule has 0 saturated carbocycles. The molecule has 0 radical (unpaired) electrons. The third-order valence-corrected chi connectivity index (χ3v) is 3.82. The summed E-state index contributed by atoms with van der Waals surface area (Å²) < 4.78 is 0. The molecule has 1 atom stereocenters. The average Bonchev–Trinajstić information content (AvgIpc) is 2.46. The monoisotopic (exact) mass is 263 g/mol. The third-order valence-electron chi connectivity index (χ3n) is 3.82. The number of nitrogens with two attached hydrogens (primary N) is 1. The first-order valence-electron chi connectivity index (χ1n) is 6.66. The molecule has 1 heterocycles. The number of para-hydroxylation sites is 1. The number of hydrazine groups is 1. The number of carbonyl (C=O) groups excluding carboxylic acids is 1. The fraction of sp³-hybridized carbons (Fsp3) is 0.500. The van der Waals surface area contributed by atoms with Gasteiger partial charge in [-0.1, -0.05) is 12.1 Å². The van der Waals surface area contributed by atoms with Crippen LogP contribution >= 0.6 is 0 Å². The van der Waals surface area contributed by atoms with E-state index in [-0.39, 0.29) is 12.0 Å². The first-order chi connectivity index (χ1) is 9.13. The van der Waals surface area contributed by atoms with E-state index in [1.807, 2.05) is 24.0 Å². The Morgan fingerprint density at radius 3 is 2.63 bits per heavy atom. The summed E-state index contributed by atoms with van der Waals surface area (Å²) in [6.07, 6.45) is 1.40. The normalized spacial score (nSPS) is 18.2. The number of benzene rings is 1. The molecule has 19 heavy (non-hydrogen) atoms. The van der Waals surface area contributed by atoms with Gasteiger partial charge in [0.2, 0.25) is 0 Å². The van der Waals surface area contributed by atoms with Crippen LogP contribution in [0.25, 0.3) is 0 Å². The Balaban J connectivity index is 2.05. The van der Waals surface area contributed by atoms with E-state index in [0.717, 1.165) is 12.8 Å². The Morgan fingerprint density at radius 1 is 1.42 bits per heavy atom. The summed E-state index contributed by atoms with van der Waals surface area (Å²) in [5.41, 5.74) is 3.80. The number of nitrogen functional groups attached to an aromatic ring is 1. The fourth-order valence-electron chi connectivity index (χ4n) is 2.55. The van der Waals surface area contributed by atoms with E-state index in [1.54, 1.807) is 12.1 Å². The maximum absolute atomic E-state index is 12.4. The molecule has 1 amide bonds. The van der Waals surface area contributed by atoms with Gasteiger partial charge >= 0.3 is 0 Å². The molecular formula is C14H21N3O2. The minimum atomic E-state index is -0.296. The third kappa shape index (κ3) is 3.05. The molecule has 5 heteroatoms. The van der Waals surface area contributed by atoms with Crippen molar-refractivity contribution < 1.29 is 9.90 Å². The SMILES string of the molecule is CC(O)C1CCN(C(=O)c2ccccc2NN)CC1. The van der Waals surface area contributed by atoms with E-state index in [4.69, 9.17) is 5.84 Å². The summed E-state index contributed by atoms with van der Waals surface area (Å²) in [6.45, 7) is 3.19. The molecule has 1 aliphatic rings. The van der Waals surface area contributed by atoms with Gasteiger partial charge in [0.15, 0.2) is 0 Å². The molecule has 4 N–H and O–H groups in total. The van der Waals surface area contributed by atoms with Gasteiger partial charge in [0.25, 0.3) is 5.91 Å². The van der Waals surface area contributed by atoms with E-state index < -0.39 is 0 Å². The van der Waals surface area contributed by atoms with Gasteiger partial charge in [-0.05, 0) is 37.8 Å². The molecule has 0 aliphatic carbocycles. The zero-order valence-corrected chi connectivity index (χ0v) is 11.2. The smallest absolute Gasteiger partial charge is 0.256 e. The van der Waals surface area contributed by atoms with Crippen LogP contribution in [0, 0.1) is 5.92 Å². The van der Waals surface area contributed by atoms with Crippen molar-refractivity contribution in [3.8, 4) is 0 Å². The van der Waals surface area contributed by atoms with Crippen molar-refractivity contribution >= 4 is 11.6 Å². The first-order valence-corrected chi connectivity index (χ1v) is 6.66. The molecule has 1 fully saturated rings. The molecule has 1 aliphatic heterocycles. The van der Waals surface area contributed by atoms with Crippen LogP contribution in [0.2, 0.25) is 0 Å². The molecule has 2 rings (SSSR count). The van der Waals surface area contributed by atoms with Crippen molar-refractivity contribution in [2.75, 3.05) is 18.5 Å². The number of amides is 1. The van der Waals surface area contributed by atoms with Gasteiger partial charge in [-0.3, -0.25) is 10.6 Å². The van der Waals surface area contributed by atoms with Gasteiger partial charge in [0.05, 0.1) is 17.4 Å². The second-order valence-corrected chi connectivity index (χ2v) is 5.06. The van der Waals surface area contributed by atoms with E-state index in [0.29, 0.717) is 30.3 Å². The number of likely N-dealkylation sites (tertiary alicyclic amines) is 1. The molecule has 0 bridgehead atoms. The van der Waals surface area contributed by atoms with Crippen molar-refractivity contribution in [1.82, 2.24) is 4.90 Å². The highest BCUT2D eigenvalue weighted by atomic mass is 16.3. The minimum absolute atomic E-state index is 0.00223. The van der Waals surface area contributed by atoms with Gasteiger partial charge in [-0.15, -0.1) is 0 Å². The lowest BCUT2D eigenvalue weighted by Crippen LogP contribution is -2.41. The Kier molecular flexibility index (Phi) is 4.39. The standard InChI is InChI=1S/C14H21N3O2/c1-10(18)11-6-8-17(9-7-11)14(19)12-4-2-3-5-13(12)16-15/h2-5,10-11,16,18H,6-9,15H2,1H3. The number of hydrogen-bond donors (Lipinski definition) is 3. The van der Waals surface area contributed by atoms with E-state index >= 15 is 0 Å². The number of rotatable bonds is 3. The summed E-state index contributed by atoms with van der Waals surface area (Å²) in [5.74, 6) is 5.72. The maximum Gasteiger partial charge on any atom is 0.256 e. The van der Waals surface area contributed by atoms with Crippen LogP contribution in [0.5, 0.6) is 0 Å². The number of aliphatic hydroxyl groups excluding tert-OH is 1. The predicted octanol–water partition coefficient (Wildman–Crippen LogP) is 1.21. The Labute approximate surface area is 113 Å². The van der Waals surface area contributed by atoms with Crippen molar-refractivity contribution in [3.63, 3.8) is 0 Å². The summed E-state index contributed by atoms with van der Waals surface area (Å²) in [4.78, 5) is 14.3. The number of hydrogen-bond acceptors (Lipinski definition) is 4. The van der Waals surface area contributed by atoms with Crippen molar-refractivity contribution in [1.29, 1.82) is 0 Å². The average molecular weight is 263 g/mol. The molecular weight excluding hydrogens is 242 g/mol. The summed E-state index contributed by atoms with van der Waals surface area (Å²) >= 11 is 0. The topological polar surface area (TPSA) is 78.6 Å². The van der Waals surface area contributed by atoms with Crippen LogP contribution in [-0.4, -0.2) is 35.1 Å². The second-order valence-electron chi connectivity index (χ2n) is 5.06. The van der Waals surface area contributed by atoms with E-state index in [2.05, 4.69) is 5.43 Å². The van der Waals surface area contributed by atoms with Gasteiger partial charge in [-0.2, -0.15) is 0 Å². The number of carbonyl (C=O) groups is 1. The maximum atomic E-state index is 12.4. The van der Waals surface area contributed by atoms with Crippen LogP contribution in [0.3, 0.4) is 0 Å². The Hall–Kier alpha value is -1.59. The Morgan fingerprint density at radius 2 is 2.05 bits per heavy atom. The number of nitrogens with one attached hydrogen (secondary N) is 1. The van der Waals surface area contributed by atoms with Crippen molar-refractivity contribution in [3.05, 3.63) is 29.8 Å². The number of aliphatic hydroxyl groups is 1. The molecule has 1 saturated heterocycles. The summed E-state index contributed by atoms with van der Waals surface area (Å²) in [6, 6.07) is 7.23. The van der Waals surface area contributed by atoms with E-state index in [9.17, 15) is 9.90 Å². The first kappa shape index (κ1) is 13.8. The zero-order chi connectivity index (χ0) is 13.8. The Bertz CT molecular complexity index is 440. The second kappa shape index (κ2) is 6.04. The summed E-state index contributed by atoms with van der Waals surface area (Å²) in [7, 11) is 0. The van der Waals surface area contributed by atoms with Crippen LogP contribution in [0.4, 0.5) is 5.69 Å². The molecule has 0 aromatic heterocycles. The molecule has 1 unspecified atom stereocenters. The van der Waals surface area contributed by atoms with Crippen LogP contribution in [-0.2, 0) is 0 Å². The molecule has 1 aromatic carbocycles. The highest BCUT2D eigenvalue weighted by molar-refractivity contribution is 5.99. The van der Waals surface area contributed by atoms with Crippen molar-refractivity contribution in [2.24, 2.45) is 11.8 Å². The van der Waals surface area contributed by atoms with Gasteiger partial charge in [0.1, 0.15) is 0 Å². The zero-order valence-electron chi connectivity index (χ0n) is 11.2. The molecule has 5 nitrogen and oxygen atoms in total. The number of piperidine rings is 1. The number of nitrogens with zero attached hydrogens (tertiary/aromatic N) is 1. The molecule has 1 aromatic rings. The van der Waals surface area contributed by atoms with Gasteiger partial charge in [0, 0.05) is 13.1 Å². The largest absolute Gasteiger partial charge is 0.393 e. The highest BCUT2D eigenvalue weighted by Crippen LogP contribution is 2.23.